The molecule has 6 heteroatoms. The Morgan fingerprint density at radius 1 is 1.04 bits per heavy atom. The van der Waals surface area contributed by atoms with Crippen molar-refractivity contribution in [1.29, 1.82) is 0 Å². The van der Waals surface area contributed by atoms with Gasteiger partial charge in [0, 0.05) is 18.2 Å². The lowest BCUT2D eigenvalue weighted by molar-refractivity contribution is 0.0593. The van der Waals surface area contributed by atoms with E-state index < -0.39 is 23.8 Å². The predicted molar refractivity (Wildman–Crippen MR) is 97.2 cm³/mol. The zero-order valence-corrected chi connectivity index (χ0v) is 14.9. The number of benzene rings is 2. The van der Waals surface area contributed by atoms with Gasteiger partial charge in [0.1, 0.15) is 0 Å². The second kappa shape index (κ2) is 7.64. The van der Waals surface area contributed by atoms with Crippen LogP contribution < -0.4 is 5.32 Å². The van der Waals surface area contributed by atoms with E-state index in [2.05, 4.69) is 10.2 Å². The predicted octanol–water partition coefficient (Wildman–Crippen LogP) is 3.87. The molecule has 3 aliphatic rings. The first-order valence-electron chi connectivity index (χ1n) is 9.29. The molecule has 5 rings (SSSR count). The third-order valence-electron chi connectivity index (χ3n) is 5.53. The maximum atomic E-state index is 13.7. The minimum Gasteiger partial charge on any atom is -0.436 e. The van der Waals surface area contributed by atoms with Crippen LogP contribution in [0.15, 0.2) is 48.5 Å². The first-order chi connectivity index (χ1) is 13.1. The number of carbonyl (C=O) groups is 1. The second-order valence-electron chi connectivity index (χ2n) is 7.26. The summed E-state index contributed by atoms with van der Waals surface area (Å²) in [6, 6.07) is 12.7. The van der Waals surface area contributed by atoms with E-state index >= 15 is 0 Å². The summed E-state index contributed by atoms with van der Waals surface area (Å²) < 4.78 is 32.7. The summed E-state index contributed by atoms with van der Waals surface area (Å²) in [6.45, 7) is 3.00. The third-order valence-corrected chi connectivity index (χ3v) is 5.53. The molecular weight excluding hydrogens is 350 g/mol. The van der Waals surface area contributed by atoms with Crippen LogP contribution in [0.3, 0.4) is 0 Å². The van der Waals surface area contributed by atoms with Gasteiger partial charge < -0.3 is 15.0 Å². The molecule has 3 aliphatic heterocycles. The zero-order valence-electron chi connectivity index (χ0n) is 14.9. The molecule has 0 saturated carbocycles. The van der Waals surface area contributed by atoms with Crippen LogP contribution in [0, 0.1) is 17.6 Å². The normalized spacial score (nSPS) is 25.0. The number of nitrogens with zero attached hydrogens (tertiary/aromatic N) is 1. The van der Waals surface area contributed by atoms with Crippen molar-refractivity contribution in [2.24, 2.45) is 5.92 Å². The summed E-state index contributed by atoms with van der Waals surface area (Å²) in [5, 5.41) is 2.98. The van der Waals surface area contributed by atoms with E-state index in [4.69, 9.17) is 4.74 Å². The number of fused-ring (bicyclic) bond motifs is 3. The Hall–Kier alpha value is -2.47. The van der Waals surface area contributed by atoms with Gasteiger partial charge in [-0.3, -0.25) is 0 Å². The first-order valence-corrected chi connectivity index (χ1v) is 9.29. The number of carbonyl (C=O) groups excluding carboxylic acids is 1. The highest BCUT2D eigenvalue weighted by Crippen LogP contribution is 2.30. The molecule has 4 nitrogen and oxygen atoms in total. The van der Waals surface area contributed by atoms with Crippen molar-refractivity contribution < 1.29 is 18.3 Å². The number of piperidine rings is 3. The molecule has 3 fully saturated rings. The number of halogens is 2. The first kappa shape index (κ1) is 17.9. The van der Waals surface area contributed by atoms with E-state index in [-0.39, 0.29) is 6.04 Å². The summed E-state index contributed by atoms with van der Waals surface area (Å²) in [4.78, 5) is 14.9. The Kier molecular flexibility index (Phi) is 5.07. The highest BCUT2D eigenvalue weighted by atomic mass is 19.2. The van der Waals surface area contributed by atoms with Gasteiger partial charge in [0.2, 0.25) is 0 Å². The fourth-order valence-corrected chi connectivity index (χ4v) is 4.05. The van der Waals surface area contributed by atoms with Gasteiger partial charge in [-0.15, -0.1) is 0 Å². The van der Waals surface area contributed by atoms with Crippen molar-refractivity contribution >= 4 is 6.09 Å². The van der Waals surface area contributed by atoms with Crippen molar-refractivity contribution in [3.63, 3.8) is 0 Å². The van der Waals surface area contributed by atoms with Crippen LogP contribution >= 0.6 is 0 Å². The number of rotatable bonds is 4. The van der Waals surface area contributed by atoms with Gasteiger partial charge >= 0.3 is 6.09 Å². The molecule has 0 aromatic heterocycles. The average Bonchev–Trinajstić information content (AvgIpc) is 2.70. The fraction of sp³-hybridized carbons (Fsp3) is 0.381. The van der Waals surface area contributed by atoms with Crippen molar-refractivity contribution in [2.45, 2.75) is 25.0 Å². The molecule has 1 amide bonds. The molecule has 27 heavy (non-hydrogen) atoms. The molecular formula is C21H22F2N2O2. The van der Waals surface area contributed by atoms with Crippen LogP contribution in [0.1, 0.15) is 30.1 Å². The molecule has 0 radical (unpaired) electrons. The molecule has 0 spiro atoms. The topological polar surface area (TPSA) is 41.6 Å². The summed E-state index contributed by atoms with van der Waals surface area (Å²) in [5.74, 6) is -1.42. The number of amides is 1. The lowest BCUT2D eigenvalue weighted by atomic mass is 9.84. The number of ether oxygens (including phenoxy) is 1. The summed E-state index contributed by atoms with van der Waals surface area (Å²) in [6.07, 6.45) is 0.821. The molecule has 1 N–H and O–H groups in total. The van der Waals surface area contributed by atoms with E-state index in [9.17, 15) is 13.6 Å². The van der Waals surface area contributed by atoms with Gasteiger partial charge in [-0.25, -0.2) is 13.6 Å². The zero-order chi connectivity index (χ0) is 18.8. The minimum absolute atomic E-state index is 0.0707. The SMILES string of the molecule is O=C(N[C@H]1CN2CCC1CC2)OC(c1ccccc1)c1ccc(F)c(F)c1. The van der Waals surface area contributed by atoms with Crippen LogP contribution in [-0.4, -0.2) is 36.7 Å². The van der Waals surface area contributed by atoms with Crippen LogP contribution in [0.5, 0.6) is 0 Å². The van der Waals surface area contributed by atoms with Gasteiger partial charge in [-0.2, -0.15) is 0 Å². The molecule has 3 saturated heterocycles. The molecule has 0 aliphatic carbocycles. The van der Waals surface area contributed by atoms with Gasteiger partial charge in [0.25, 0.3) is 0 Å². The smallest absolute Gasteiger partial charge is 0.408 e. The van der Waals surface area contributed by atoms with Crippen LogP contribution in [-0.2, 0) is 4.74 Å². The van der Waals surface area contributed by atoms with Crippen molar-refractivity contribution in [3.8, 4) is 0 Å². The number of hydrogen-bond donors (Lipinski definition) is 1. The summed E-state index contributed by atoms with van der Waals surface area (Å²) >= 11 is 0. The van der Waals surface area contributed by atoms with Crippen molar-refractivity contribution in [2.75, 3.05) is 19.6 Å². The number of nitrogens with one attached hydrogen (secondary N) is 1. The lowest BCUT2D eigenvalue weighted by Gasteiger charge is -2.44. The molecule has 1 unspecified atom stereocenters. The highest BCUT2D eigenvalue weighted by molar-refractivity contribution is 5.68. The molecule has 2 bridgehead atoms. The summed E-state index contributed by atoms with van der Waals surface area (Å²) in [5.41, 5.74) is 1.09. The van der Waals surface area contributed by atoms with Gasteiger partial charge in [-0.05, 0) is 49.5 Å². The van der Waals surface area contributed by atoms with Crippen LogP contribution in [0.25, 0.3) is 0 Å². The van der Waals surface area contributed by atoms with Crippen molar-refractivity contribution in [1.82, 2.24) is 10.2 Å². The Labute approximate surface area is 157 Å². The van der Waals surface area contributed by atoms with Crippen LogP contribution in [0.4, 0.5) is 13.6 Å². The quantitative estimate of drug-likeness (QED) is 0.886. The molecule has 142 valence electrons. The van der Waals surface area contributed by atoms with Gasteiger partial charge in [-0.1, -0.05) is 36.4 Å². The van der Waals surface area contributed by atoms with E-state index in [0.29, 0.717) is 17.0 Å². The largest absolute Gasteiger partial charge is 0.436 e. The second-order valence-corrected chi connectivity index (χ2v) is 7.26. The average molecular weight is 372 g/mol. The van der Waals surface area contributed by atoms with E-state index in [0.717, 1.165) is 44.6 Å². The number of hydrogen-bond acceptors (Lipinski definition) is 3. The van der Waals surface area contributed by atoms with Gasteiger partial charge in [0.05, 0.1) is 0 Å². The Balaban J connectivity index is 1.52. The van der Waals surface area contributed by atoms with Gasteiger partial charge in [0.15, 0.2) is 17.7 Å². The Morgan fingerprint density at radius 3 is 2.41 bits per heavy atom. The van der Waals surface area contributed by atoms with E-state index in [1.54, 1.807) is 12.1 Å². The maximum Gasteiger partial charge on any atom is 0.408 e. The molecule has 2 atom stereocenters. The summed E-state index contributed by atoms with van der Waals surface area (Å²) in [7, 11) is 0. The molecule has 2 aromatic carbocycles. The minimum atomic E-state index is -0.963. The molecule has 3 heterocycles. The fourth-order valence-electron chi connectivity index (χ4n) is 4.05. The van der Waals surface area contributed by atoms with E-state index in [1.165, 1.54) is 6.07 Å². The number of alkyl carbamates (subject to hydrolysis) is 1. The highest BCUT2D eigenvalue weighted by Gasteiger charge is 2.35. The van der Waals surface area contributed by atoms with Crippen LogP contribution in [0.2, 0.25) is 0 Å². The Bertz CT molecular complexity index is 807. The van der Waals surface area contributed by atoms with E-state index in [1.807, 2.05) is 18.2 Å². The standard InChI is InChI=1S/C21H22F2N2O2/c22-17-7-6-16(12-18(17)23)20(15-4-2-1-3-5-15)27-21(26)24-19-13-25-10-8-14(19)9-11-25/h1-7,12,14,19-20H,8-11,13H2,(H,24,26)/t19-,20?/m0/s1. The lowest BCUT2D eigenvalue weighted by Crippen LogP contribution is -2.57. The monoisotopic (exact) mass is 372 g/mol. The third kappa shape index (κ3) is 3.95. The Morgan fingerprint density at radius 2 is 1.78 bits per heavy atom. The molecule has 2 aromatic rings. The van der Waals surface area contributed by atoms with Crippen molar-refractivity contribution in [3.05, 3.63) is 71.3 Å². The maximum absolute atomic E-state index is 13.7.